The highest BCUT2D eigenvalue weighted by Gasteiger charge is 2.08. The fourth-order valence-electron chi connectivity index (χ4n) is 1.21. The van der Waals surface area contributed by atoms with Crippen LogP contribution in [0.5, 0.6) is 0 Å². The number of nitrogens with two attached hydrogens (primary N) is 1. The normalized spacial score (nSPS) is 10.9. The molecule has 0 spiro atoms. The van der Waals surface area contributed by atoms with Crippen molar-refractivity contribution in [1.29, 1.82) is 0 Å². The van der Waals surface area contributed by atoms with E-state index in [-0.39, 0.29) is 0 Å². The summed E-state index contributed by atoms with van der Waals surface area (Å²) in [6.07, 6.45) is 0. The minimum absolute atomic E-state index is 0.425. The average Bonchev–Trinajstić information content (AvgIpc) is 2.83. The van der Waals surface area contributed by atoms with Crippen molar-refractivity contribution >= 4 is 39.0 Å². The minimum atomic E-state index is 0.425. The SMILES string of the molecule is Cn1c(CN)nnc1SCc1ccc(Br)s1. The lowest BCUT2D eigenvalue weighted by Gasteiger charge is -2.00. The molecule has 2 aromatic heterocycles. The van der Waals surface area contributed by atoms with Crippen LogP contribution in [0.3, 0.4) is 0 Å². The third-order valence-electron chi connectivity index (χ3n) is 2.08. The van der Waals surface area contributed by atoms with Gasteiger partial charge in [-0.2, -0.15) is 0 Å². The maximum absolute atomic E-state index is 5.54. The average molecular weight is 319 g/mol. The zero-order valence-corrected chi connectivity index (χ0v) is 11.9. The van der Waals surface area contributed by atoms with E-state index in [4.69, 9.17) is 5.73 Å². The number of hydrogen-bond donors (Lipinski definition) is 1. The Morgan fingerprint density at radius 2 is 2.31 bits per heavy atom. The molecule has 2 N–H and O–H groups in total. The zero-order chi connectivity index (χ0) is 11.5. The summed E-state index contributed by atoms with van der Waals surface area (Å²) in [7, 11) is 1.94. The molecule has 0 radical (unpaired) electrons. The molecule has 2 rings (SSSR count). The quantitative estimate of drug-likeness (QED) is 0.879. The number of thiophene rings is 1. The number of hydrogen-bond acceptors (Lipinski definition) is 5. The molecular weight excluding hydrogens is 308 g/mol. The third-order valence-corrected chi connectivity index (χ3v) is 4.96. The smallest absolute Gasteiger partial charge is 0.191 e. The van der Waals surface area contributed by atoms with Gasteiger partial charge in [0.05, 0.1) is 10.3 Å². The van der Waals surface area contributed by atoms with Crippen LogP contribution in [-0.4, -0.2) is 14.8 Å². The molecule has 86 valence electrons. The first-order valence-electron chi connectivity index (χ1n) is 4.66. The van der Waals surface area contributed by atoms with Crippen molar-refractivity contribution in [3.8, 4) is 0 Å². The molecule has 0 saturated heterocycles. The van der Waals surface area contributed by atoms with E-state index < -0.39 is 0 Å². The first kappa shape index (κ1) is 12.1. The second-order valence-electron chi connectivity index (χ2n) is 3.16. The molecule has 0 saturated carbocycles. The Morgan fingerprint density at radius 3 is 2.88 bits per heavy atom. The van der Waals surface area contributed by atoms with Crippen LogP contribution in [0, 0.1) is 0 Å². The van der Waals surface area contributed by atoms with Gasteiger partial charge in [0.2, 0.25) is 0 Å². The fraction of sp³-hybridized carbons (Fsp3) is 0.333. The van der Waals surface area contributed by atoms with Gasteiger partial charge in [0.1, 0.15) is 5.82 Å². The van der Waals surface area contributed by atoms with Crippen LogP contribution < -0.4 is 5.73 Å². The van der Waals surface area contributed by atoms with E-state index in [1.54, 1.807) is 23.1 Å². The molecule has 0 aliphatic heterocycles. The van der Waals surface area contributed by atoms with Gasteiger partial charge in [-0.05, 0) is 28.1 Å². The monoisotopic (exact) mass is 318 g/mol. The summed E-state index contributed by atoms with van der Waals surface area (Å²) in [5.74, 6) is 1.72. The van der Waals surface area contributed by atoms with Gasteiger partial charge >= 0.3 is 0 Å². The minimum Gasteiger partial charge on any atom is -0.324 e. The lowest BCUT2D eigenvalue weighted by Crippen LogP contribution is -2.05. The molecule has 16 heavy (non-hydrogen) atoms. The number of rotatable bonds is 4. The van der Waals surface area contributed by atoms with Crippen LogP contribution >= 0.6 is 39.0 Å². The second-order valence-corrected chi connectivity index (χ2v) is 6.65. The molecule has 0 fully saturated rings. The topological polar surface area (TPSA) is 56.7 Å². The number of thioether (sulfide) groups is 1. The predicted molar refractivity (Wildman–Crippen MR) is 70.5 cm³/mol. The molecule has 0 aliphatic carbocycles. The summed E-state index contributed by atoms with van der Waals surface area (Å²) in [5, 5.41) is 9.02. The Bertz CT molecular complexity index is 480. The van der Waals surface area contributed by atoms with E-state index in [0.29, 0.717) is 6.54 Å². The van der Waals surface area contributed by atoms with Gasteiger partial charge in [0.15, 0.2) is 5.16 Å². The van der Waals surface area contributed by atoms with Crippen molar-refractivity contribution in [3.05, 3.63) is 26.6 Å². The summed E-state index contributed by atoms with van der Waals surface area (Å²) in [4.78, 5) is 1.31. The Balaban J connectivity index is 2.02. The van der Waals surface area contributed by atoms with Crippen LogP contribution in [-0.2, 0) is 19.3 Å². The molecule has 7 heteroatoms. The summed E-state index contributed by atoms with van der Waals surface area (Å²) in [5.41, 5.74) is 5.54. The van der Waals surface area contributed by atoms with Crippen molar-refractivity contribution in [2.24, 2.45) is 12.8 Å². The Morgan fingerprint density at radius 1 is 1.50 bits per heavy atom. The molecule has 0 atom stereocenters. The summed E-state index contributed by atoms with van der Waals surface area (Å²) in [6, 6.07) is 4.17. The van der Waals surface area contributed by atoms with Crippen molar-refractivity contribution in [2.45, 2.75) is 17.5 Å². The number of aromatic nitrogens is 3. The van der Waals surface area contributed by atoms with E-state index in [0.717, 1.165) is 20.5 Å². The van der Waals surface area contributed by atoms with E-state index in [2.05, 4.69) is 38.3 Å². The predicted octanol–water partition coefficient (Wildman–Crippen LogP) is 2.39. The van der Waals surface area contributed by atoms with Crippen LogP contribution in [0.25, 0.3) is 0 Å². The lowest BCUT2D eigenvalue weighted by atomic mass is 10.5. The van der Waals surface area contributed by atoms with Crippen molar-refractivity contribution < 1.29 is 0 Å². The molecule has 0 aromatic carbocycles. The van der Waals surface area contributed by atoms with Crippen molar-refractivity contribution in [2.75, 3.05) is 0 Å². The molecule has 0 bridgehead atoms. The number of nitrogens with zero attached hydrogens (tertiary/aromatic N) is 3. The Kier molecular flexibility index (Phi) is 4.01. The highest BCUT2D eigenvalue weighted by molar-refractivity contribution is 9.11. The van der Waals surface area contributed by atoms with E-state index in [9.17, 15) is 0 Å². The van der Waals surface area contributed by atoms with Crippen LogP contribution in [0.4, 0.5) is 0 Å². The second kappa shape index (κ2) is 5.31. The third kappa shape index (κ3) is 2.65. The van der Waals surface area contributed by atoms with Crippen LogP contribution in [0.15, 0.2) is 21.1 Å². The standard InChI is InChI=1S/C9H11BrN4S2/c1-14-8(4-11)12-13-9(14)15-5-6-2-3-7(10)16-6/h2-3H,4-5,11H2,1H3. The van der Waals surface area contributed by atoms with Gasteiger partial charge in [0.25, 0.3) is 0 Å². The molecular formula is C9H11BrN4S2. The highest BCUT2D eigenvalue weighted by atomic mass is 79.9. The van der Waals surface area contributed by atoms with Gasteiger partial charge in [-0.25, -0.2) is 0 Å². The molecule has 2 heterocycles. The maximum atomic E-state index is 5.54. The van der Waals surface area contributed by atoms with Crippen LogP contribution in [0.1, 0.15) is 10.7 Å². The molecule has 0 aliphatic rings. The molecule has 2 aromatic rings. The van der Waals surface area contributed by atoms with Gasteiger partial charge in [0, 0.05) is 17.7 Å². The largest absolute Gasteiger partial charge is 0.324 e. The summed E-state index contributed by atoms with van der Waals surface area (Å²) < 4.78 is 3.09. The molecule has 0 amide bonds. The highest BCUT2D eigenvalue weighted by Crippen LogP contribution is 2.28. The zero-order valence-electron chi connectivity index (χ0n) is 8.68. The summed E-state index contributed by atoms with van der Waals surface area (Å²) >= 11 is 6.86. The first-order chi connectivity index (χ1) is 7.70. The summed E-state index contributed by atoms with van der Waals surface area (Å²) in [6.45, 7) is 0.425. The van der Waals surface area contributed by atoms with Gasteiger partial charge in [-0.3, -0.25) is 0 Å². The fourth-order valence-corrected chi connectivity index (χ4v) is 3.67. The van der Waals surface area contributed by atoms with E-state index >= 15 is 0 Å². The molecule has 4 nitrogen and oxygen atoms in total. The van der Waals surface area contributed by atoms with E-state index in [1.807, 2.05) is 11.6 Å². The van der Waals surface area contributed by atoms with Gasteiger partial charge in [-0.1, -0.05) is 11.8 Å². The molecule has 0 unspecified atom stereocenters. The number of halogens is 1. The van der Waals surface area contributed by atoms with Gasteiger partial charge in [-0.15, -0.1) is 21.5 Å². The Hall–Kier alpha value is -0.370. The van der Waals surface area contributed by atoms with Gasteiger partial charge < -0.3 is 10.3 Å². The first-order valence-corrected chi connectivity index (χ1v) is 7.25. The van der Waals surface area contributed by atoms with Crippen molar-refractivity contribution in [3.63, 3.8) is 0 Å². The van der Waals surface area contributed by atoms with Crippen molar-refractivity contribution in [1.82, 2.24) is 14.8 Å². The van der Waals surface area contributed by atoms with Crippen LogP contribution in [0.2, 0.25) is 0 Å². The maximum Gasteiger partial charge on any atom is 0.191 e. The Labute approximate surface area is 110 Å². The lowest BCUT2D eigenvalue weighted by molar-refractivity contribution is 0.734. The van der Waals surface area contributed by atoms with E-state index in [1.165, 1.54) is 4.88 Å².